The predicted octanol–water partition coefficient (Wildman–Crippen LogP) is 4.30. The highest BCUT2D eigenvalue weighted by atomic mass is 19.1. The second-order valence-electron chi connectivity index (χ2n) is 7.86. The molecule has 0 saturated carbocycles. The van der Waals surface area contributed by atoms with Gasteiger partial charge < -0.3 is 14.4 Å². The third-order valence-corrected chi connectivity index (χ3v) is 4.90. The summed E-state index contributed by atoms with van der Waals surface area (Å²) in [5, 5.41) is 0. The van der Waals surface area contributed by atoms with Crippen molar-refractivity contribution >= 4 is 11.7 Å². The van der Waals surface area contributed by atoms with Crippen molar-refractivity contribution in [1.82, 2.24) is 9.97 Å². The Morgan fingerprint density at radius 3 is 2.57 bits per heavy atom. The monoisotopic (exact) mass is 419 g/mol. The van der Waals surface area contributed by atoms with Crippen LogP contribution in [-0.4, -0.2) is 41.7 Å². The topological polar surface area (TPSA) is 64.5 Å². The zero-order chi connectivity index (χ0) is 21.8. The van der Waals surface area contributed by atoms with Crippen molar-refractivity contribution in [3.8, 4) is 17.3 Å². The minimum atomic E-state index is -0.651. The summed E-state index contributed by atoms with van der Waals surface area (Å²) in [7, 11) is 0. The first-order valence-corrected chi connectivity index (χ1v) is 10.1. The van der Waals surface area contributed by atoms with Gasteiger partial charge in [0.15, 0.2) is 5.82 Å². The molecule has 1 aromatic carbocycles. The summed E-state index contributed by atoms with van der Waals surface area (Å²) >= 11 is 0. The predicted molar refractivity (Wildman–Crippen MR) is 109 cm³/mol. The van der Waals surface area contributed by atoms with E-state index in [0.717, 1.165) is 6.42 Å². The Kier molecular flexibility index (Phi) is 6.84. The summed E-state index contributed by atoms with van der Waals surface area (Å²) in [6, 6.07) is 4.21. The Morgan fingerprint density at radius 2 is 1.93 bits per heavy atom. The number of carbonyl (C=O) groups is 1. The van der Waals surface area contributed by atoms with E-state index in [9.17, 15) is 13.6 Å². The molecule has 1 aliphatic heterocycles. The molecule has 0 spiro atoms. The second kappa shape index (κ2) is 9.36. The van der Waals surface area contributed by atoms with Crippen molar-refractivity contribution < 1.29 is 23.0 Å². The average molecular weight is 419 g/mol. The highest BCUT2D eigenvalue weighted by molar-refractivity contribution is 5.66. The van der Waals surface area contributed by atoms with E-state index >= 15 is 0 Å². The Labute approximate surface area is 175 Å². The summed E-state index contributed by atoms with van der Waals surface area (Å²) in [6.07, 6.45) is 1.39. The molecule has 0 radical (unpaired) electrons. The number of benzene rings is 1. The van der Waals surface area contributed by atoms with Gasteiger partial charge in [-0.3, -0.25) is 4.79 Å². The van der Waals surface area contributed by atoms with E-state index in [1.807, 2.05) is 13.8 Å². The molecular formula is C22H27F2N3O3. The molecule has 1 aliphatic rings. The SMILES string of the molecule is CC(=O)OCCC1CCN(c2c(F)cc(-c3nc(C)cc(OC(C)C)n3)cc2F)C1. The number of aryl methyl sites for hydroxylation is 1. The molecule has 0 amide bonds. The summed E-state index contributed by atoms with van der Waals surface area (Å²) in [6.45, 7) is 8.28. The summed E-state index contributed by atoms with van der Waals surface area (Å²) in [5.41, 5.74) is 0.868. The molecule has 30 heavy (non-hydrogen) atoms. The van der Waals surface area contributed by atoms with Crippen LogP contribution in [0.25, 0.3) is 11.4 Å². The summed E-state index contributed by atoms with van der Waals surface area (Å²) in [4.78, 5) is 21.2. The molecule has 2 aromatic rings. The lowest BCUT2D eigenvalue weighted by atomic mass is 10.1. The van der Waals surface area contributed by atoms with Gasteiger partial charge in [0.2, 0.25) is 5.88 Å². The molecule has 6 nitrogen and oxygen atoms in total. The molecular weight excluding hydrogens is 392 g/mol. The van der Waals surface area contributed by atoms with Crippen LogP contribution in [0, 0.1) is 24.5 Å². The van der Waals surface area contributed by atoms with Gasteiger partial charge in [0.1, 0.15) is 17.3 Å². The maximum absolute atomic E-state index is 14.9. The lowest BCUT2D eigenvalue weighted by Crippen LogP contribution is -2.22. The third kappa shape index (κ3) is 5.43. The van der Waals surface area contributed by atoms with Crippen molar-refractivity contribution in [2.45, 2.75) is 46.6 Å². The molecule has 1 saturated heterocycles. The molecule has 8 heteroatoms. The molecule has 0 aliphatic carbocycles. The number of carbonyl (C=O) groups excluding carboxylic acids is 1. The van der Waals surface area contributed by atoms with Gasteiger partial charge in [-0.15, -0.1) is 0 Å². The normalized spacial score (nSPS) is 16.2. The molecule has 0 N–H and O–H groups in total. The number of aromatic nitrogens is 2. The summed E-state index contributed by atoms with van der Waals surface area (Å²) < 4.78 is 40.4. The average Bonchev–Trinajstić information content (AvgIpc) is 3.08. The van der Waals surface area contributed by atoms with E-state index < -0.39 is 11.6 Å². The maximum Gasteiger partial charge on any atom is 0.302 e. The van der Waals surface area contributed by atoms with Gasteiger partial charge in [-0.25, -0.2) is 13.8 Å². The first-order valence-electron chi connectivity index (χ1n) is 10.1. The van der Waals surface area contributed by atoms with Crippen molar-refractivity contribution in [3.63, 3.8) is 0 Å². The van der Waals surface area contributed by atoms with E-state index in [2.05, 4.69) is 9.97 Å². The number of hydrogen-bond acceptors (Lipinski definition) is 6. The van der Waals surface area contributed by atoms with Gasteiger partial charge in [0, 0.05) is 37.3 Å². The van der Waals surface area contributed by atoms with Crippen molar-refractivity contribution in [1.29, 1.82) is 0 Å². The Balaban J connectivity index is 1.78. The van der Waals surface area contributed by atoms with Crippen LogP contribution in [0.3, 0.4) is 0 Å². The number of ether oxygens (including phenoxy) is 2. The fourth-order valence-corrected chi connectivity index (χ4v) is 3.61. The van der Waals surface area contributed by atoms with Crippen LogP contribution in [-0.2, 0) is 9.53 Å². The Hall–Kier alpha value is -2.77. The molecule has 162 valence electrons. The van der Waals surface area contributed by atoms with Gasteiger partial charge in [-0.1, -0.05) is 0 Å². The van der Waals surface area contributed by atoms with E-state index in [0.29, 0.717) is 37.7 Å². The zero-order valence-electron chi connectivity index (χ0n) is 17.7. The van der Waals surface area contributed by atoms with Gasteiger partial charge in [-0.05, 0) is 51.7 Å². The fourth-order valence-electron chi connectivity index (χ4n) is 3.61. The largest absolute Gasteiger partial charge is 0.475 e. The van der Waals surface area contributed by atoms with Crippen LogP contribution in [0.2, 0.25) is 0 Å². The minimum absolute atomic E-state index is 0.0416. The molecule has 1 fully saturated rings. The van der Waals surface area contributed by atoms with Crippen molar-refractivity contribution in [2.75, 3.05) is 24.6 Å². The lowest BCUT2D eigenvalue weighted by Gasteiger charge is -2.21. The fraction of sp³-hybridized carbons (Fsp3) is 0.500. The second-order valence-corrected chi connectivity index (χ2v) is 7.86. The number of anilines is 1. The number of rotatable bonds is 7. The first kappa shape index (κ1) is 21.9. The maximum atomic E-state index is 14.9. The van der Waals surface area contributed by atoms with Crippen LogP contribution in [0.1, 0.15) is 39.3 Å². The van der Waals surface area contributed by atoms with Crippen LogP contribution in [0.4, 0.5) is 14.5 Å². The van der Waals surface area contributed by atoms with Crippen LogP contribution in [0.15, 0.2) is 18.2 Å². The molecule has 1 aromatic heterocycles. The highest BCUT2D eigenvalue weighted by Crippen LogP contribution is 2.33. The van der Waals surface area contributed by atoms with E-state index in [4.69, 9.17) is 9.47 Å². The highest BCUT2D eigenvalue weighted by Gasteiger charge is 2.27. The van der Waals surface area contributed by atoms with Gasteiger partial charge in [0.25, 0.3) is 0 Å². The number of nitrogens with zero attached hydrogens (tertiary/aromatic N) is 3. The van der Waals surface area contributed by atoms with Crippen LogP contribution < -0.4 is 9.64 Å². The van der Waals surface area contributed by atoms with Gasteiger partial charge in [-0.2, -0.15) is 4.98 Å². The quantitative estimate of drug-likeness (QED) is 0.624. The van der Waals surface area contributed by atoms with E-state index in [1.54, 1.807) is 17.9 Å². The molecule has 2 heterocycles. The van der Waals surface area contributed by atoms with Gasteiger partial charge >= 0.3 is 5.97 Å². The first-order chi connectivity index (χ1) is 14.2. The Bertz CT molecular complexity index is 897. The Morgan fingerprint density at radius 1 is 1.23 bits per heavy atom. The van der Waals surface area contributed by atoms with Crippen molar-refractivity contribution in [2.24, 2.45) is 5.92 Å². The molecule has 3 rings (SSSR count). The minimum Gasteiger partial charge on any atom is -0.475 e. The van der Waals surface area contributed by atoms with Crippen molar-refractivity contribution in [3.05, 3.63) is 35.5 Å². The third-order valence-electron chi connectivity index (χ3n) is 4.90. The standard InChI is InChI=1S/C22H27F2N3O3/c1-13(2)30-20-9-14(3)25-22(26-20)17-10-18(23)21(19(24)11-17)27-7-5-16(12-27)6-8-29-15(4)28/h9-11,13,16H,5-8,12H2,1-4H3. The molecule has 1 atom stereocenters. The van der Waals surface area contributed by atoms with Gasteiger partial charge in [0.05, 0.1) is 12.7 Å². The van der Waals surface area contributed by atoms with E-state index in [-0.39, 0.29) is 35.1 Å². The number of hydrogen-bond donors (Lipinski definition) is 0. The van der Waals surface area contributed by atoms with Crippen LogP contribution >= 0.6 is 0 Å². The number of esters is 1. The lowest BCUT2D eigenvalue weighted by molar-refractivity contribution is -0.141. The summed E-state index contributed by atoms with van der Waals surface area (Å²) in [5.74, 6) is -0.816. The molecule has 0 bridgehead atoms. The molecule has 1 unspecified atom stereocenters. The zero-order valence-corrected chi connectivity index (χ0v) is 17.7. The smallest absolute Gasteiger partial charge is 0.302 e. The van der Waals surface area contributed by atoms with E-state index in [1.165, 1.54) is 19.1 Å². The number of halogens is 2. The van der Waals surface area contributed by atoms with Crippen LogP contribution in [0.5, 0.6) is 5.88 Å².